The Labute approximate surface area is 139 Å². The number of fused-ring (bicyclic) bond motifs is 1. The summed E-state index contributed by atoms with van der Waals surface area (Å²) < 4.78 is 28.6. The summed E-state index contributed by atoms with van der Waals surface area (Å²) in [7, 11) is -2.97. The molecule has 1 aliphatic carbocycles. The van der Waals surface area contributed by atoms with Gasteiger partial charge in [0.15, 0.2) is 9.84 Å². The molecular formula is C18H27NO3S. The van der Waals surface area contributed by atoms with Crippen molar-refractivity contribution in [2.24, 2.45) is 11.3 Å². The minimum atomic E-state index is -2.97. The van der Waals surface area contributed by atoms with E-state index < -0.39 is 9.84 Å². The lowest BCUT2D eigenvalue weighted by Crippen LogP contribution is -2.69. The zero-order valence-electron chi connectivity index (χ0n) is 14.2. The molecule has 0 radical (unpaired) electrons. The molecule has 1 aromatic rings. The summed E-state index contributed by atoms with van der Waals surface area (Å²) in [4.78, 5) is 0. The standard InChI is InChI=1S/C18H27NO3S/c1-18(2)16(15-5-4-10-22-17(15)18)19-11-13-6-8-14(9-7-13)12-23(3,20)21/h6-9,15-17,19H,4-5,10-12H2,1-3H3/t15-,16-,17+/m1/s1. The second kappa shape index (κ2) is 6.19. The molecule has 4 nitrogen and oxygen atoms in total. The van der Waals surface area contributed by atoms with Gasteiger partial charge in [0.1, 0.15) is 0 Å². The number of hydrogen-bond acceptors (Lipinski definition) is 4. The van der Waals surface area contributed by atoms with Gasteiger partial charge in [0, 0.05) is 36.8 Å². The summed E-state index contributed by atoms with van der Waals surface area (Å²) >= 11 is 0. The van der Waals surface area contributed by atoms with Gasteiger partial charge < -0.3 is 10.1 Å². The highest BCUT2D eigenvalue weighted by Gasteiger charge is 2.57. The Balaban J connectivity index is 1.58. The Kier molecular flexibility index (Phi) is 4.55. The Bertz CT molecular complexity index is 651. The van der Waals surface area contributed by atoms with Crippen molar-refractivity contribution in [1.82, 2.24) is 5.32 Å². The maximum Gasteiger partial charge on any atom is 0.151 e. The van der Waals surface area contributed by atoms with E-state index in [1.807, 2.05) is 24.3 Å². The second-order valence-corrected chi connectivity index (χ2v) is 9.80. The fraction of sp³-hybridized carbons (Fsp3) is 0.667. The van der Waals surface area contributed by atoms with Crippen LogP contribution in [0.25, 0.3) is 0 Å². The van der Waals surface area contributed by atoms with E-state index in [0.717, 1.165) is 25.1 Å². The van der Waals surface area contributed by atoms with Crippen LogP contribution in [0.2, 0.25) is 0 Å². The van der Waals surface area contributed by atoms with Crippen molar-refractivity contribution in [1.29, 1.82) is 0 Å². The highest BCUT2D eigenvalue weighted by Crippen LogP contribution is 2.51. The molecule has 3 atom stereocenters. The molecule has 2 fully saturated rings. The first-order chi connectivity index (χ1) is 10.8. The predicted molar refractivity (Wildman–Crippen MR) is 91.9 cm³/mol. The monoisotopic (exact) mass is 337 g/mol. The second-order valence-electron chi connectivity index (χ2n) is 7.66. The molecule has 5 heteroatoms. The third kappa shape index (κ3) is 3.62. The SMILES string of the molecule is CC1(C)[C@H](NCc2ccc(CS(C)(=O)=O)cc2)[C@H]2CCCO[C@@H]21. The predicted octanol–water partition coefficient (Wildman–Crippen LogP) is 2.52. The van der Waals surface area contributed by atoms with E-state index in [1.54, 1.807) is 0 Å². The molecule has 0 amide bonds. The van der Waals surface area contributed by atoms with Crippen LogP contribution in [0.1, 0.15) is 37.8 Å². The summed E-state index contributed by atoms with van der Waals surface area (Å²) in [5, 5.41) is 3.69. The molecule has 0 unspecified atom stereocenters. The lowest BCUT2D eigenvalue weighted by Gasteiger charge is -2.60. The van der Waals surface area contributed by atoms with Crippen LogP contribution in [0, 0.1) is 11.3 Å². The van der Waals surface area contributed by atoms with Gasteiger partial charge in [-0.05, 0) is 24.0 Å². The minimum Gasteiger partial charge on any atom is -0.377 e. The summed E-state index contributed by atoms with van der Waals surface area (Å²) in [6.45, 7) is 6.29. The molecule has 1 saturated carbocycles. The van der Waals surface area contributed by atoms with Crippen molar-refractivity contribution in [3.05, 3.63) is 35.4 Å². The van der Waals surface area contributed by atoms with Crippen molar-refractivity contribution in [3.63, 3.8) is 0 Å². The fourth-order valence-corrected chi connectivity index (χ4v) is 5.02. The van der Waals surface area contributed by atoms with Crippen LogP contribution in [-0.4, -0.2) is 33.4 Å². The number of sulfone groups is 1. The maximum absolute atomic E-state index is 11.3. The Morgan fingerprint density at radius 2 is 1.87 bits per heavy atom. The molecule has 1 aliphatic heterocycles. The lowest BCUT2D eigenvalue weighted by molar-refractivity contribution is -0.192. The Hall–Kier alpha value is -0.910. The van der Waals surface area contributed by atoms with E-state index in [-0.39, 0.29) is 11.2 Å². The zero-order valence-corrected chi connectivity index (χ0v) is 15.0. The van der Waals surface area contributed by atoms with Crippen LogP contribution in [0.3, 0.4) is 0 Å². The van der Waals surface area contributed by atoms with Crippen molar-refractivity contribution in [2.75, 3.05) is 12.9 Å². The summed E-state index contributed by atoms with van der Waals surface area (Å²) in [6.07, 6.45) is 4.07. The number of nitrogens with one attached hydrogen (secondary N) is 1. The fourth-order valence-electron chi connectivity index (χ4n) is 4.22. The van der Waals surface area contributed by atoms with Crippen molar-refractivity contribution in [2.45, 2.75) is 51.1 Å². The van der Waals surface area contributed by atoms with Gasteiger partial charge in [-0.15, -0.1) is 0 Å². The maximum atomic E-state index is 11.3. The van der Waals surface area contributed by atoms with Gasteiger partial charge >= 0.3 is 0 Å². The van der Waals surface area contributed by atoms with Crippen molar-refractivity contribution >= 4 is 9.84 Å². The Morgan fingerprint density at radius 3 is 2.52 bits per heavy atom. The number of ether oxygens (including phenoxy) is 1. The number of rotatable bonds is 5. The summed E-state index contributed by atoms with van der Waals surface area (Å²) in [5.74, 6) is 0.737. The van der Waals surface area contributed by atoms with Gasteiger partial charge in [-0.2, -0.15) is 0 Å². The molecule has 128 valence electrons. The number of hydrogen-bond donors (Lipinski definition) is 1. The van der Waals surface area contributed by atoms with E-state index >= 15 is 0 Å². The molecule has 0 spiro atoms. The van der Waals surface area contributed by atoms with E-state index in [9.17, 15) is 8.42 Å². The molecule has 2 aliphatic rings. The first-order valence-electron chi connectivity index (χ1n) is 8.38. The molecule has 1 heterocycles. The van der Waals surface area contributed by atoms with Gasteiger partial charge in [0.05, 0.1) is 11.9 Å². The first-order valence-corrected chi connectivity index (χ1v) is 10.4. The van der Waals surface area contributed by atoms with E-state index in [1.165, 1.54) is 18.2 Å². The van der Waals surface area contributed by atoms with E-state index in [2.05, 4.69) is 19.2 Å². The van der Waals surface area contributed by atoms with Crippen LogP contribution in [-0.2, 0) is 26.9 Å². The van der Waals surface area contributed by atoms with Crippen molar-refractivity contribution < 1.29 is 13.2 Å². The van der Waals surface area contributed by atoms with Crippen LogP contribution >= 0.6 is 0 Å². The first kappa shape index (κ1) is 16.9. The zero-order chi connectivity index (χ0) is 16.7. The van der Waals surface area contributed by atoms with Gasteiger partial charge in [0.25, 0.3) is 0 Å². The quantitative estimate of drug-likeness (QED) is 0.897. The van der Waals surface area contributed by atoms with E-state index in [4.69, 9.17) is 4.74 Å². The highest BCUT2D eigenvalue weighted by molar-refractivity contribution is 7.89. The smallest absolute Gasteiger partial charge is 0.151 e. The van der Waals surface area contributed by atoms with Crippen LogP contribution in [0.4, 0.5) is 0 Å². The largest absolute Gasteiger partial charge is 0.377 e. The average molecular weight is 337 g/mol. The molecule has 23 heavy (non-hydrogen) atoms. The van der Waals surface area contributed by atoms with Crippen molar-refractivity contribution in [3.8, 4) is 0 Å². The Morgan fingerprint density at radius 1 is 1.22 bits per heavy atom. The molecule has 1 aromatic carbocycles. The van der Waals surface area contributed by atoms with Crippen LogP contribution < -0.4 is 5.32 Å². The van der Waals surface area contributed by atoms with Crippen LogP contribution in [0.5, 0.6) is 0 Å². The third-order valence-electron chi connectivity index (χ3n) is 5.31. The summed E-state index contributed by atoms with van der Waals surface area (Å²) in [5.41, 5.74) is 2.22. The van der Waals surface area contributed by atoms with Crippen LogP contribution in [0.15, 0.2) is 24.3 Å². The molecule has 3 rings (SSSR count). The van der Waals surface area contributed by atoms with Gasteiger partial charge in [-0.1, -0.05) is 38.1 Å². The molecule has 0 aromatic heterocycles. The minimum absolute atomic E-state index is 0.109. The topological polar surface area (TPSA) is 55.4 Å². The number of benzene rings is 1. The lowest BCUT2D eigenvalue weighted by atomic mass is 9.55. The molecular weight excluding hydrogens is 310 g/mol. The molecule has 1 N–H and O–H groups in total. The molecule has 1 saturated heterocycles. The van der Waals surface area contributed by atoms with E-state index in [0.29, 0.717) is 18.1 Å². The van der Waals surface area contributed by atoms with Gasteiger partial charge in [-0.25, -0.2) is 8.42 Å². The normalized spacial score (nSPS) is 29.6. The summed E-state index contributed by atoms with van der Waals surface area (Å²) in [6, 6.07) is 8.36. The highest BCUT2D eigenvalue weighted by atomic mass is 32.2. The molecule has 0 bridgehead atoms. The van der Waals surface area contributed by atoms with Gasteiger partial charge in [0.2, 0.25) is 0 Å². The van der Waals surface area contributed by atoms with Gasteiger partial charge in [-0.3, -0.25) is 0 Å². The average Bonchev–Trinajstić information content (AvgIpc) is 2.47. The third-order valence-corrected chi connectivity index (χ3v) is 6.17.